The first kappa shape index (κ1) is 18.1. The fraction of sp³-hybridized carbons (Fsp3) is 0.368. The van der Waals surface area contributed by atoms with E-state index in [2.05, 4.69) is 21.7 Å². The maximum Gasteiger partial charge on any atom is 0.171 e. The van der Waals surface area contributed by atoms with E-state index in [0.717, 1.165) is 49.0 Å². The molecule has 0 bridgehead atoms. The summed E-state index contributed by atoms with van der Waals surface area (Å²) in [6.45, 7) is 4.25. The van der Waals surface area contributed by atoms with Gasteiger partial charge in [0, 0.05) is 36.4 Å². The van der Waals surface area contributed by atoms with E-state index in [1.807, 2.05) is 37.3 Å². The molecule has 1 saturated heterocycles. The van der Waals surface area contributed by atoms with Gasteiger partial charge < -0.3 is 15.4 Å². The maximum atomic E-state index is 6.21. The molecule has 0 atom stereocenters. The van der Waals surface area contributed by atoms with E-state index in [0.29, 0.717) is 5.11 Å². The molecule has 2 heterocycles. The fourth-order valence-corrected chi connectivity index (χ4v) is 3.53. The molecule has 1 aliphatic heterocycles. The van der Waals surface area contributed by atoms with E-state index in [-0.39, 0.29) is 5.41 Å². The Morgan fingerprint density at radius 1 is 1.28 bits per heavy atom. The maximum absolute atomic E-state index is 6.21. The lowest BCUT2D eigenvalue weighted by Crippen LogP contribution is -2.45. The van der Waals surface area contributed by atoms with E-state index in [4.69, 9.17) is 28.6 Å². The van der Waals surface area contributed by atoms with Crippen molar-refractivity contribution in [2.75, 3.05) is 25.1 Å². The van der Waals surface area contributed by atoms with Crippen molar-refractivity contribution in [3.05, 3.63) is 58.7 Å². The molecule has 3 rings (SSSR count). The molecule has 1 aliphatic rings. The number of thiocarbonyl (C=S) groups is 1. The molecule has 4 nitrogen and oxygen atoms in total. The van der Waals surface area contributed by atoms with Crippen molar-refractivity contribution in [1.82, 2.24) is 10.3 Å². The van der Waals surface area contributed by atoms with Gasteiger partial charge in [0.2, 0.25) is 0 Å². The third-order valence-electron chi connectivity index (χ3n) is 4.63. The highest BCUT2D eigenvalue weighted by Gasteiger charge is 2.34. The monoisotopic (exact) mass is 375 g/mol. The van der Waals surface area contributed by atoms with Crippen molar-refractivity contribution in [2.45, 2.75) is 25.2 Å². The van der Waals surface area contributed by atoms with Crippen LogP contribution in [0.3, 0.4) is 0 Å². The van der Waals surface area contributed by atoms with Crippen molar-refractivity contribution < 1.29 is 4.74 Å². The number of nitrogens with zero attached hydrogens (tertiary/aromatic N) is 1. The van der Waals surface area contributed by atoms with Crippen LogP contribution in [0.5, 0.6) is 0 Å². The molecular weight excluding hydrogens is 354 g/mol. The topological polar surface area (TPSA) is 46.2 Å². The quantitative estimate of drug-likeness (QED) is 0.788. The average Bonchev–Trinajstić information content (AvgIpc) is 2.61. The van der Waals surface area contributed by atoms with E-state index in [9.17, 15) is 0 Å². The standard InChI is InChI=1S/C19H22ClN3OS/c1-14-5-8-21-17(11-14)23-18(25)22-13-19(6-9-24-10-7-19)15-3-2-4-16(20)12-15/h2-5,8,11-12H,6-7,9-10,13H2,1H3,(H2,21,22,23,25). The van der Waals surface area contributed by atoms with Crippen LogP contribution in [0, 0.1) is 6.92 Å². The highest BCUT2D eigenvalue weighted by atomic mass is 35.5. The van der Waals surface area contributed by atoms with Crippen LogP contribution >= 0.6 is 23.8 Å². The number of hydrogen-bond donors (Lipinski definition) is 2. The molecule has 0 spiro atoms. The number of aromatic nitrogens is 1. The summed E-state index contributed by atoms with van der Waals surface area (Å²) in [6.07, 6.45) is 3.64. The molecular formula is C19H22ClN3OS. The number of nitrogens with one attached hydrogen (secondary N) is 2. The lowest BCUT2D eigenvalue weighted by atomic mass is 9.74. The number of halogens is 1. The summed E-state index contributed by atoms with van der Waals surface area (Å²) in [5.74, 6) is 0.751. The minimum Gasteiger partial charge on any atom is -0.381 e. The molecule has 0 radical (unpaired) electrons. The number of rotatable bonds is 4. The second kappa shape index (κ2) is 8.13. The van der Waals surface area contributed by atoms with Crippen LogP contribution in [0.15, 0.2) is 42.6 Å². The Morgan fingerprint density at radius 2 is 2.08 bits per heavy atom. The molecule has 132 valence electrons. The van der Waals surface area contributed by atoms with Crippen molar-refractivity contribution in [3.8, 4) is 0 Å². The number of ether oxygens (including phenoxy) is 1. The van der Waals surface area contributed by atoms with Crippen LogP contribution < -0.4 is 10.6 Å². The molecule has 1 fully saturated rings. The van der Waals surface area contributed by atoms with E-state index in [1.165, 1.54) is 5.56 Å². The Kier molecular flexibility index (Phi) is 5.89. The minimum atomic E-state index is -0.0328. The molecule has 2 aromatic rings. The lowest BCUT2D eigenvalue weighted by molar-refractivity contribution is 0.0515. The van der Waals surface area contributed by atoms with Gasteiger partial charge in [-0.3, -0.25) is 0 Å². The molecule has 0 unspecified atom stereocenters. The summed E-state index contributed by atoms with van der Waals surface area (Å²) < 4.78 is 5.57. The first-order valence-electron chi connectivity index (χ1n) is 8.39. The lowest BCUT2D eigenvalue weighted by Gasteiger charge is -2.38. The fourth-order valence-electron chi connectivity index (χ4n) is 3.16. The SMILES string of the molecule is Cc1ccnc(NC(=S)NCC2(c3cccc(Cl)c3)CCOCC2)c1. The predicted octanol–water partition coefficient (Wildman–Crippen LogP) is 4.08. The zero-order chi connectivity index (χ0) is 17.7. The molecule has 0 aliphatic carbocycles. The molecule has 0 saturated carbocycles. The van der Waals surface area contributed by atoms with Crippen LogP contribution in [0.2, 0.25) is 5.02 Å². The normalized spacial score (nSPS) is 16.2. The van der Waals surface area contributed by atoms with Gasteiger partial charge in [-0.1, -0.05) is 23.7 Å². The van der Waals surface area contributed by atoms with Gasteiger partial charge in [-0.2, -0.15) is 0 Å². The molecule has 6 heteroatoms. The summed E-state index contributed by atoms with van der Waals surface area (Å²) in [7, 11) is 0. The van der Waals surface area contributed by atoms with E-state index >= 15 is 0 Å². The molecule has 0 amide bonds. The number of benzene rings is 1. The van der Waals surface area contributed by atoms with Crippen molar-refractivity contribution >= 4 is 34.7 Å². The second-order valence-corrected chi connectivity index (χ2v) is 7.27. The van der Waals surface area contributed by atoms with Gasteiger partial charge in [0.1, 0.15) is 5.82 Å². The van der Waals surface area contributed by atoms with Crippen LogP contribution in [-0.4, -0.2) is 29.9 Å². The Hall–Kier alpha value is -1.69. The molecule has 1 aromatic heterocycles. The van der Waals surface area contributed by atoms with Gasteiger partial charge in [-0.25, -0.2) is 4.98 Å². The number of aryl methyl sites for hydroxylation is 1. The van der Waals surface area contributed by atoms with Crippen molar-refractivity contribution in [1.29, 1.82) is 0 Å². The largest absolute Gasteiger partial charge is 0.381 e. The van der Waals surface area contributed by atoms with Crippen LogP contribution in [0.25, 0.3) is 0 Å². The van der Waals surface area contributed by atoms with Gasteiger partial charge in [0.15, 0.2) is 5.11 Å². The Morgan fingerprint density at radius 3 is 2.80 bits per heavy atom. The highest BCUT2D eigenvalue weighted by Crippen LogP contribution is 2.35. The van der Waals surface area contributed by atoms with Gasteiger partial charge >= 0.3 is 0 Å². The zero-order valence-electron chi connectivity index (χ0n) is 14.2. The third-order valence-corrected chi connectivity index (χ3v) is 5.11. The minimum absolute atomic E-state index is 0.0328. The number of hydrogen-bond acceptors (Lipinski definition) is 3. The summed E-state index contributed by atoms with van der Waals surface area (Å²) >= 11 is 11.7. The average molecular weight is 376 g/mol. The third kappa shape index (κ3) is 4.69. The highest BCUT2D eigenvalue weighted by molar-refractivity contribution is 7.80. The summed E-state index contributed by atoms with van der Waals surface area (Å²) in [5.41, 5.74) is 2.34. The first-order valence-corrected chi connectivity index (χ1v) is 9.17. The van der Waals surface area contributed by atoms with Crippen LogP contribution in [-0.2, 0) is 10.2 Å². The Balaban J connectivity index is 1.69. The van der Waals surface area contributed by atoms with Crippen LogP contribution in [0.1, 0.15) is 24.0 Å². The predicted molar refractivity (Wildman–Crippen MR) is 106 cm³/mol. The summed E-state index contributed by atoms with van der Waals surface area (Å²) in [4.78, 5) is 4.29. The van der Waals surface area contributed by atoms with Gasteiger partial charge in [0.05, 0.1) is 0 Å². The zero-order valence-corrected chi connectivity index (χ0v) is 15.8. The van der Waals surface area contributed by atoms with Gasteiger partial charge in [0.25, 0.3) is 0 Å². The van der Waals surface area contributed by atoms with Crippen molar-refractivity contribution in [2.24, 2.45) is 0 Å². The van der Waals surface area contributed by atoms with Crippen molar-refractivity contribution in [3.63, 3.8) is 0 Å². The molecule has 1 aromatic carbocycles. The summed E-state index contributed by atoms with van der Waals surface area (Å²) in [6, 6.07) is 12.0. The van der Waals surface area contributed by atoms with Crippen LogP contribution in [0.4, 0.5) is 5.82 Å². The smallest absolute Gasteiger partial charge is 0.171 e. The number of pyridine rings is 1. The number of anilines is 1. The second-order valence-electron chi connectivity index (χ2n) is 6.43. The summed E-state index contributed by atoms with van der Waals surface area (Å²) in [5, 5.41) is 7.85. The van der Waals surface area contributed by atoms with E-state index < -0.39 is 0 Å². The van der Waals surface area contributed by atoms with Gasteiger partial charge in [-0.05, 0) is 67.4 Å². The molecule has 2 N–H and O–H groups in total. The molecule has 25 heavy (non-hydrogen) atoms. The van der Waals surface area contributed by atoms with Gasteiger partial charge in [-0.15, -0.1) is 0 Å². The Labute approximate surface area is 158 Å². The first-order chi connectivity index (χ1) is 12.1. The van der Waals surface area contributed by atoms with E-state index in [1.54, 1.807) is 6.20 Å². The Bertz CT molecular complexity index is 747.